The van der Waals surface area contributed by atoms with Crippen molar-refractivity contribution >= 4 is 0 Å². The molecule has 1 fully saturated rings. The van der Waals surface area contributed by atoms with E-state index in [1.807, 2.05) is 0 Å². The van der Waals surface area contributed by atoms with Gasteiger partial charge < -0.3 is 15.5 Å². The lowest BCUT2D eigenvalue weighted by Gasteiger charge is -2.35. The van der Waals surface area contributed by atoms with E-state index in [4.69, 9.17) is 5.73 Å². The van der Waals surface area contributed by atoms with Crippen molar-refractivity contribution in [3.05, 3.63) is 0 Å². The van der Waals surface area contributed by atoms with Gasteiger partial charge in [0, 0.05) is 12.6 Å². The maximum absolute atomic E-state index is 6.05. The van der Waals surface area contributed by atoms with E-state index in [2.05, 4.69) is 30.8 Å². The second-order valence-corrected chi connectivity index (χ2v) is 4.89. The predicted molar refractivity (Wildman–Crippen MR) is 61.4 cm³/mol. The SMILES string of the molecule is CC1CCN(CCCN(C)C)CC1N. The Kier molecular flexibility index (Phi) is 4.85. The van der Waals surface area contributed by atoms with Crippen molar-refractivity contribution < 1.29 is 0 Å². The van der Waals surface area contributed by atoms with Gasteiger partial charge in [0.05, 0.1) is 0 Å². The lowest BCUT2D eigenvalue weighted by atomic mass is 9.94. The van der Waals surface area contributed by atoms with Crippen LogP contribution in [-0.2, 0) is 0 Å². The van der Waals surface area contributed by atoms with Gasteiger partial charge >= 0.3 is 0 Å². The molecular weight excluding hydrogens is 174 g/mol. The van der Waals surface area contributed by atoms with Gasteiger partial charge in [0.25, 0.3) is 0 Å². The number of rotatable bonds is 4. The summed E-state index contributed by atoms with van der Waals surface area (Å²) in [5.41, 5.74) is 6.05. The van der Waals surface area contributed by atoms with Gasteiger partial charge in [-0.3, -0.25) is 0 Å². The maximum Gasteiger partial charge on any atom is 0.0194 e. The smallest absolute Gasteiger partial charge is 0.0194 e. The van der Waals surface area contributed by atoms with Crippen molar-refractivity contribution in [3.63, 3.8) is 0 Å². The minimum absolute atomic E-state index is 0.392. The Hall–Kier alpha value is -0.120. The van der Waals surface area contributed by atoms with Crippen molar-refractivity contribution in [2.75, 3.05) is 40.3 Å². The lowest BCUT2D eigenvalue weighted by Crippen LogP contribution is -2.47. The summed E-state index contributed by atoms with van der Waals surface area (Å²) in [4.78, 5) is 4.75. The first kappa shape index (κ1) is 12.0. The van der Waals surface area contributed by atoms with Crippen LogP contribution in [0.15, 0.2) is 0 Å². The van der Waals surface area contributed by atoms with Crippen LogP contribution in [0.4, 0.5) is 0 Å². The molecule has 1 aliphatic rings. The average molecular weight is 199 g/mol. The highest BCUT2D eigenvalue weighted by Gasteiger charge is 2.22. The van der Waals surface area contributed by atoms with Crippen LogP contribution in [0.5, 0.6) is 0 Å². The molecule has 3 heteroatoms. The summed E-state index contributed by atoms with van der Waals surface area (Å²) in [6, 6.07) is 0.392. The Morgan fingerprint density at radius 2 is 2.14 bits per heavy atom. The molecule has 14 heavy (non-hydrogen) atoms. The monoisotopic (exact) mass is 199 g/mol. The molecule has 0 amide bonds. The van der Waals surface area contributed by atoms with Crippen LogP contribution in [-0.4, -0.2) is 56.1 Å². The van der Waals surface area contributed by atoms with E-state index >= 15 is 0 Å². The molecule has 1 heterocycles. The fraction of sp³-hybridized carbons (Fsp3) is 1.00. The van der Waals surface area contributed by atoms with Crippen molar-refractivity contribution in [2.24, 2.45) is 11.7 Å². The second-order valence-electron chi connectivity index (χ2n) is 4.89. The number of hydrogen-bond acceptors (Lipinski definition) is 3. The molecule has 0 aromatic carbocycles. The highest BCUT2D eigenvalue weighted by Crippen LogP contribution is 2.15. The van der Waals surface area contributed by atoms with Gasteiger partial charge in [-0.05, 0) is 52.5 Å². The zero-order chi connectivity index (χ0) is 10.6. The average Bonchev–Trinajstić information content (AvgIpc) is 2.10. The number of hydrogen-bond donors (Lipinski definition) is 1. The van der Waals surface area contributed by atoms with Gasteiger partial charge in [-0.15, -0.1) is 0 Å². The normalized spacial score (nSPS) is 29.8. The largest absolute Gasteiger partial charge is 0.326 e. The van der Waals surface area contributed by atoms with Crippen LogP contribution in [0.3, 0.4) is 0 Å². The summed E-state index contributed by atoms with van der Waals surface area (Å²) in [6.07, 6.45) is 2.53. The molecule has 0 aromatic rings. The summed E-state index contributed by atoms with van der Waals surface area (Å²) in [5, 5.41) is 0. The van der Waals surface area contributed by atoms with Crippen LogP contribution < -0.4 is 5.73 Å². The van der Waals surface area contributed by atoms with Gasteiger partial charge in [0.1, 0.15) is 0 Å². The zero-order valence-corrected chi connectivity index (χ0v) is 9.87. The van der Waals surface area contributed by atoms with Crippen molar-refractivity contribution in [3.8, 4) is 0 Å². The van der Waals surface area contributed by atoms with Crippen molar-refractivity contribution in [1.82, 2.24) is 9.80 Å². The van der Waals surface area contributed by atoms with Gasteiger partial charge in [0.2, 0.25) is 0 Å². The summed E-state index contributed by atoms with van der Waals surface area (Å²) < 4.78 is 0. The highest BCUT2D eigenvalue weighted by molar-refractivity contribution is 4.80. The van der Waals surface area contributed by atoms with Crippen molar-refractivity contribution in [2.45, 2.75) is 25.8 Å². The van der Waals surface area contributed by atoms with E-state index in [0.29, 0.717) is 12.0 Å². The highest BCUT2D eigenvalue weighted by atomic mass is 15.2. The summed E-state index contributed by atoms with van der Waals surface area (Å²) in [6.45, 7) is 6.98. The molecule has 0 saturated carbocycles. The third kappa shape index (κ3) is 3.95. The van der Waals surface area contributed by atoms with Crippen molar-refractivity contribution in [1.29, 1.82) is 0 Å². The molecule has 84 valence electrons. The first-order chi connectivity index (χ1) is 6.59. The fourth-order valence-corrected chi connectivity index (χ4v) is 1.98. The summed E-state index contributed by atoms with van der Waals surface area (Å²) in [5.74, 6) is 0.708. The lowest BCUT2D eigenvalue weighted by molar-refractivity contribution is 0.163. The van der Waals surface area contributed by atoms with Crippen LogP contribution in [0.2, 0.25) is 0 Å². The van der Waals surface area contributed by atoms with Crippen LogP contribution in [0, 0.1) is 5.92 Å². The van der Waals surface area contributed by atoms with Crippen LogP contribution in [0.1, 0.15) is 19.8 Å². The van der Waals surface area contributed by atoms with E-state index in [9.17, 15) is 0 Å². The predicted octanol–water partition coefficient (Wildman–Crippen LogP) is 0.607. The standard InChI is InChI=1S/C11H25N3/c1-10-5-8-14(9-11(10)12)7-4-6-13(2)3/h10-11H,4-9,12H2,1-3H3. The van der Waals surface area contributed by atoms with E-state index in [1.54, 1.807) is 0 Å². The Morgan fingerprint density at radius 3 is 2.71 bits per heavy atom. The van der Waals surface area contributed by atoms with Gasteiger partial charge in [-0.25, -0.2) is 0 Å². The Labute approximate surface area is 88.2 Å². The Bertz CT molecular complexity index is 159. The third-order valence-corrected chi connectivity index (χ3v) is 3.18. The van der Waals surface area contributed by atoms with E-state index in [1.165, 1.54) is 32.5 Å². The summed E-state index contributed by atoms with van der Waals surface area (Å²) in [7, 11) is 4.26. The van der Waals surface area contributed by atoms with E-state index < -0.39 is 0 Å². The second kappa shape index (κ2) is 5.69. The van der Waals surface area contributed by atoms with Crippen LogP contribution >= 0.6 is 0 Å². The van der Waals surface area contributed by atoms with Gasteiger partial charge in [0.15, 0.2) is 0 Å². The van der Waals surface area contributed by atoms with Crippen LogP contribution in [0.25, 0.3) is 0 Å². The molecule has 0 radical (unpaired) electrons. The van der Waals surface area contributed by atoms with Gasteiger partial charge in [-0.1, -0.05) is 6.92 Å². The molecule has 2 N–H and O–H groups in total. The minimum Gasteiger partial charge on any atom is -0.326 e. The first-order valence-electron chi connectivity index (χ1n) is 5.72. The maximum atomic E-state index is 6.05. The molecule has 3 nitrogen and oxygen atoms in total. The molecule has 0 spiro atoms. The Morgan fingerprint density at radius 1 is 1.43 bits per heavy atom. The topological polar surface area (TPSA) is 32.5 Å². The molecule has 1 saturated heterocycles. The molecule has 0 aliphatic carbocycles. The molecule has 0 aromatic heterocycles. The fourth-order valence-electron chi connectivity index (χ4n) is 1.98. The Balaban J connectivity index is 2.13. The summed E-state index contributed by atoms with van der Waals surface area (Å²) >= 11 is 0. The minimum atomic E-state index is 0.392. The number of nitrogens with two attached hydrogens (primary N) is 1. The number of likely N-dealkylation sites (tertiary alicyclic amines) is 1. The van der Waals surface area contributed by atoms with E-state index in [-0.39, 0.29) is 0 Å². The molecule has 2 atom stereocenters. The number of piperidine rings is 1. The van der Waals surface area contributed by atoms with Gasteiger partial charge in [-0.2, -0.15) is 0 Å². The molecule has 1 rings (SSSR count). The third-order valence-electron chi connectivity index (χ3n) is 3.18. The molecule has 2 unspecified atom stereocenters. The molecular formula is C11H25N3. The number of nitrogens with zero attached hydrogens (tertiary/aromatic N) is 2. The zero-order valence-electron chi connectivity index (χ0n) is 9.87. The quantitative estimate of drug-likeness (QED) is 0.720. The molecule has 1 aliphatic heterocycles. The van der Waals surface area contributed by atoms with E-state index in [0.717, 1.165) is 6.54 Å². The molecule has 0 bridgehead atoms. The first-order valence-corrected chi connectivity index (χ1v) is 5.72.